The van der Waals surface area contributed by atoms with Crippen LogP contribution in [0.3, 0.4) is 0 Å². The number of nitrogens with zero attached hydrogens (tertiary/aromatic N) is 1. The number of hydrazine groups is 1. The average molecular weight is 262 g/mol. The Morgan fingerprint density at radius 1 is 1.42 bits per heavy atom. The second kappa shape index (κ2) is 5.09. The smallest absolute Gasteiger partial charge is 0.308 e. The van der Waals surface area contributed by atoms with Gasteiger partial charge in [-0.1, -0.05) is 17.7 Å². The molecule has 0 saturated carbocycles. The van der Waals surface area contributed by atoms with E-state index >= 15 is 0 Å². The summed E-state index contributed by atoms with van der Waals surface area (Å²) in [7, 11) is 0. The fourth-order valence-electron chi connectivity index (χ4n) is 1.95. The second-order valence-electron chi connectivity index (χ2n) is 4.55. The molecule has 1 aliphatic heterocycles. The van der Waals surface area contributed by atoms with Gasteiger partial charge in [0.25, 0.3) is 5.91 Å². The van der Waals surface area contributed by atoms with Crippen LogP contribution < -0.4 is 5.43 Å². The first kappa shape index (κ1) is 13.1. The number of rotatable bonds is 3. The molecule has 1 aromatic rings. The first-order valence-electron chi connectivity index (χ1n) is 5.88. The van der Waals surface area contributed by atoms with Crippen LogP contribution in [-0.2, 0) is 9.59 Å². The highest BCUT2D eigenvalue weighted by atomic mass is 16.4. The molecule has 2 amide bonds. The van der Waals surface area contributed by atoms with E-state index in [0.717, 1.165) is 10.6 Å². The predicted molar refractivity (Wildman–Crippen MR) is 66.1 cm³/mol. The lowest BCUT2D eigenvalue weighted by Crippen LogP contribution is -2.43. The van der Waals surface area contributed by atoms with Crippen molar-refractivity contribution in [3.05, 3.63) is 35.4 Å². The van der Waals surface area contributed by atoms with E-state index in [1.807, 2.05) is 13.0 Å². The summed E-state index contributed by atoms with van der Waals surface area (Å²) < 4.78 is 0. The van der Waals surface area contributed by atoms with Gasteiger partial charge >= 0.3 is 5.97 Å². The van der Waals surface area contributed by atoms with E-state index in [2.05, 4.69) is 5.43 Å². The standard InChI is InChI=1S/C13H14N2O4/c1-8-3-2-4-9(5-8)12(17)14-15-7-10(13(18)19)6-11(15)16/h2-5,10H,6-7H2,1H3,(H,14,17)(H,18,19)/t10-/m1/s1. The summed E-state index contributed by atoms with van der Waals surface area (Å²) in [5.74, 6) is -2.58. The molecule has 0 unspecified atom stereocenters. The highest BCUT2D eigenvalue weighted by molar-refractivity contribution is 5.96. The molecule has 2 N–H and O–H groups in total. The molecule has 0 aliphatic carbocycles. The maximum absolute atomic E-state index is 11.9. The third-order valence-electron chi connectivity index (χ3n) is 2.99. The van der Waals surface area contributed by atoms with E-state index in [9.17, 15) is 14.4 Å². The van der Waals surface area contributed by atoms with Crippen molar-refractivity contribution in [1.29, 1.82) is 0 Å². The van der Waals surface area contributed by atoms with Gasteiger partial charge in [-0.2, -0.15) is 0 Å². The number of carboxylic acid groups (broad SMARTS) is 1. The van der Waals surface area contributed by atoms with Crippen molar-refractivity contribution in [2.24, 2.45) is 5.92 Å². The molecular formula is C13H14N2O4. The van der Waals surface area contributed by atoms with Crippen LogP contribution in [0, 0.1) is 12.8 Å². The molecule has 1 fully saturated rings. The third kappa shape index (κ3) is 2.90. The molecular weight excluding hydrogens is 248 g/mol. The zero-order chi connectivity index (χ0) is 14.0. The van der Waals surface area contributed by atoms with E-state index in [1.54, 1.807) is 18.2 Å². The monoisotopic (exact) mass is 262 g/mol. The van der Waals surface area contributed by atoms with Gasteiger partial charge in [0.15, 0.2) is 0 Å². The number of aryl methyl sites for hydroxylation is 1. The number of hydrogen-bond acceptors (Lipinski definition) is 3. The Morgan fingerprint density at radius 3 is 2.74 bits per heavy atom. The van der Waals surface area contributed by atoms with Crippen molar-refractivity contribution in [2.75, 3.05) is 6.54 Å². The van der Waals surface area contributed by atoms with E-state index in [4.69, 9.17) is 5.11 Å². The van der Waals surface area contributed by atoms with Gasteiger partial charge in [-0.15, -0.1) is 0 Å². The molecule has 2 rings (SSSR count). The minimum absolute atomic E-state index is 0.00568. The number of hydrogen-bond donors (Lipinski definition) is 2. The maximum Gasteiger partial charge on any atom is 0.308 e. The Bertz CT molecular complexity index is 541. The quantitative estimate of drug-likeness (QED) is 0.834. The molecule has 1 heterocycles. The summed E-state index contributed by atoms with van der Waals surface area (Å²) in [6, 6.07) is 6.94. The molecule has 1 aliphatic rings. The molecule has 6 heteroatoms. The zero-order valence-electron chi connectivity index (χ0n) is 10.4. The highest BCUT2D eigenvalue weighted by Gasteiger charge is 2.35. The van der Waals surface area contributed by atoms with Gasteiger partial charge in [-0.05, 0) is 19.1 Å². The topological polar surface area (TPSA) is 86.7 Å². The van der Waals surface area contributed by atoms with Crippen LogP contribution in [0.4, 0.5) is 0 Å². The van der Waals surface area contributed by atoms with E-state index < -0.39 is 17.8 Å². The van der Waals surface area contributed by atoms with Gasteiger partial charge in [0.1, 0.15) is 0 Å². The average Bonchev–Trinajstić information content (AvgIpc) is 2.71. The van der Waals surface area contributed by atoms with Crippen LogP contribution in [0.1, 0.15) is 22.3 Å². The van der Waals surface area contributed by atoms with Crippen molar-refractivity contribution in [3.63, 3.8) is 0 Å². The summed E-state index contributed by atoms with van der Waals surface area (Å²) in [5, 5.41) is 9.92. The first-order chi connectivity index (χ1) is 8.97. The Balaban J connectivity index is 2.04. The summed E-state index contributed by atoms with van der Waals surface area (Å²) in [4.78, 5) is 34.3. The summed E-state index contributed by atoms with van der Waals surface area (Å²) in [6.45, 7) is 1.87. The minimum Gasteiger partial charge on any atom is -0.481 e. The maximum atomic E-state index is 11.9. The highest BCUT2D eigenvalue weighted by Crippen LogP contribution is 2.16. The molecule has 19 heavy (non-hydrogen) atoms. The minimum atomic E-state index is -1.03. The normalized spacial score (nSPS) is 18.5. The third-order valence-corrected chi connectivity index (χ3v) is 2.99. The van der Waals surface area contributed by atoms with Gasteiger partial charge in [0.2, 0.25) is 5.91 Å². The van der Waals surface area contributed by atoms with Crippen LogP contribution in [0.25, 0.3) is 0 Å². The number of benzene rings is 1. The lowest BCUT2D eigenvalue weighted by atomic mass is 10.1. The summed E-state index contributed by atoms with van der Waals surface area (Å²) in [6.07, 6.45) is -0.0799. The Labute approximate surface area is 110 Å². The zero-order valence-corrected chi connectivity index (χ0v) is 10.4. The molecule has 0 radical (unpaired) electrons. The van der Waals surface area contributed by atoms with Crippen molar-refractivity contribution in [1.82, 2.24) is 10.4 Å². The van der Waals surface area contributed by atoms with Crippen LogP contribution in [0.2, 0.25) is 0 Å². The van der Waals surface area contributed by atoms with E-state index in [-0.39, 0.29) is 18.9 Å². The largest absolute Gasteiger partial charge is 0.481 e. The van der Waals surface area contributed by atoms with Gasteiger partial charge in [0, 0.05) is 12.0 Å². The fourth-order valence-corrected chi connectivity index (χ4v) is 1.95. The number of aliphatic carboxylic acids is 1. The van der Waals surface area contributed by atoms with Gasteiger partial charge in [0.05, 0.1) is 12.5 Å². The summed E-state index contributed by atoms with van der Waals surface area (Å²) >= 11 is 0. The molecule has 1 saturated heterocycles. The lowest BCUT2D eigenvalue weighted by Gasteiger charge is -2.17. The number of carbonyl (C=O) groups is 3. The Kier molecular flexibility index (Phi) is 3.50. The van der Waals surface area contributed by atoms with E-state index in [0.29, 0.717) is 5.56 Å². The molecule has 0 spiro atoms. The SMILES string of the molecule is Cc1cccc(C(=O)NN2C[C@H](C(=O)O)CC2=O)c1. The lowest BCUT2D eigenvalue weighted by molar-refractivity contribution is -0.141. The van der Waals surface area contributed by atoms with Crippen LogP contribution in [0.5, 0.6) is 0 Å². The van der Waals surface area contributed by atoms with E-state index in [1.165, 1.54) is 0 Å². The second-order valence-corrected chi connectivity index (χ2v) is 4.55. The van der Waals surface area contributed by atoms with Crippen LogP contribution in [-0.4, -0.2) is 34.4 Å². The van der Waals surface area contributed by atoms with Crippen LogP contribution >= 0.6 is 0 Å². The summed E-state index contributed by atoms with van der Waals surface area (Å²) in [5.41, 5.74) is 3.81. The first-order valence-corrected chi connectivity index (χ1v) is 5.88. The van der Waals surface area contributed by atoms with Crippen molar-refractivity contribution >= 4 is 17.8 Å². The molecule has 6 nitrogen and oxygen atoms in total. The molecule has 1 aromatic carbocycles. The van der Waals surface area contributed by atoms with Gasteiger partial charge in [-0.25, -0.2) is 0 Å². The number of amides is 2. The van der Waals surface area contributed by atoms with Crippen molar-refractivity contribution in [3.8, 4) is 0 Å². The van der Waals surface area contributed by atoms with Gasteiger partial charge < -0.3 is 5.11 Å². The molecule has 100 valence electrons. The number of carbonyl (C=O) groups excluding carboxylic acids is 2. The Hall–Kier alpha value is -2.37. The fraction of sp³-hybridized carbons (Fsp3) is 0.308. The van der Waals surface area contributed by atoms with Crippen LogP contribution in [0.15, 0.2) is 24.3 Å². The molecule has 0 aromatic heterocycles. The number of nitrogens with one attached hydrogen (secondary N) is 1. The van der Waals surface area contributed by atoms with Crippen molar-refractivity contribution in [2.45, 2.75) is 13.3 Å². The number of carboxylic acids is 1. The molecule has 1 atom stereocenters. The van der Waals surface area contributed by atoms with Gasteiger partial charge in [-0.3, -0.25) is 24.8 Å². The Morgan fingerprint density at radius 2 is 2.16 bits per heavy atom. The molecule has 0 bridgehead atoms. The van der Waals surface area contributed by atoms with Crippen molar-refractivity contribution < 1.29 is 19.5 Å². The predicted octanol–water partition coefficient (Wildman–Crippen LogP) is 0.573.